The Labute approximate surface area is 108 Å². The van der Waals surface area contributed by atoms with Crippen LogP contribution in [0.15, 0.2) is 30.3 Å². The SMILES string of the molecule is CCN(CC)C(=O)[C@@H](C)SCc1ccccc1. The molecule has 17 heavy (non-hydrogen) atoms. The summed E-state index contributed by atoms with van der Waals surface area (Å²) in [6, 6.07) is 10.3. The van der Waals surface area contributed by atoms with Gasteiger partial charge in [0, 0.05) is 18.8 Å². The largest absolute Gasteiger partial charge is 0.342 e. The quantitative estimate of drug-likeness (QED) is 0.774. The van der Waals surface area contributed by atoms with Gasteiger partial charge in [0.15, 0.2) is 0 Å². The van der Waals surface area contributed by atoms with E-state index in [1.54, 1.807) is 11.8 Å². The van der Waals surface area contributed by atoms with Crippen molar-refractivity contribution in [1.82, 2.24) is 4.90 Å². The molecule has 0 saturated carbocycles. The predicted octanol–water partition coefficient (Wildman–Crippen LogP) is 3.18. The zero-order valence-corrected chi connectivity index (χ0v) is 11.7. The van der Waals surface area contributed by atoms with Gasteiger partial charge in [-0.25, -0.2) is 0 Å². The lowest BCUT2D eigenvalue weighted by Crippen LogP contribution is -2.36. The highest BCUT2D eigenvalue weighted by atomic mass is 32.2. The third-order valence-electron chi connectivity index (χ3n) is 2.77. The minimum absolute atomic E-state index is 0.0371. The van der Waals surface area contributed by atoms with Gasteiger partial charge in [0.05, 0.1) is 5.25 Å². The lowest BCUT2D eigenvalue weighted by atomic mass is 10.2. The predicted molar refractivity (Wildman–Crippen MR) is 75.1 cm³/mol. The van der Waals surface area contributed by atoms with E-state index in [2.05, 4.69) is 12.1 Å². The Morgan fingerprint density at radius 3 is 2.35 bits per heavy atom. The third-order valence-corrected chi connectivity index (χ3v) is 3.97. The van der Waals surface area contributed by atoms with E-state index < -0.39 is 0 Å². The van der Waals surface area contributed by atoms with Gasteiger partial charge >= 0.3 is 0 Å². The van der Waals surface area contributed by atoms with Crippen molar-refractivity contribution in [1.29, 1.82) is 0 Å². The van der Waals surface area contributed by atoms with Crippen LogP contribution in [-0.4, -0.2) is 29.1 Å². The average molecular weight is 251 g/mol. The van der Waals surface area contributed by atoms with Crippen molar-refractivity contribution in [2.24, 2.45) is 0 Å². The zero-order chi connectivity index (χ0) is 12.7. The minimum Gasteiger partial charge on any atom is -0.342 e. The van der Waals surface area contributed by atoms with Gasteiger partial charge in [0.1, 0.15) is 0 Å². The molecule has 3 heteroatoms. The molecule has 1 atom stereocenters. The first-order valence-corrected chi connectivity index (χ1v) is 7.18. The number of rotatable bonds is 6. The molecule has 0 saturated heterocycles. The van der Waals surface area contributed by atoms with Crippen LogP contribution in [0.2, 0.25) is 0 Å². The summed E-state index contributed by atoms with van der Waals surface area (Å²) < 4.78 is 0. The topological polar surface area (TPSA) is 20.3 Å². The Bertz CT molecular complexity index is 335. The Morgan fingerprint density at radius 2 is 1.82 bits per heavy atom. The van der Waals surface area contributed by atoms with Gasteiger partial charge in [-0.2, -0.15) is 0 Å². The van der Waals surface area contributed by atoms with Gasteiger partial charge in [0.2, 0.25) is 5.91 Å². The number of benzene rings is 1. The van der Waals surface area contributed by atoms with Crippen molar-refractivity contribution in [2.45, 2.75) is 31.8 Å². The van der Waals surface area contributed by atoms with Crippen LogP contribution in [0.25, 0.3) is 0 Å². The fourth-order valence-electron chi connectivity index (χ4n) is 1.66. The molecule has 2 nitrogen and oxygen atoms in total. The lowest BCUT2D eigenvalue weighted by molar-refractivity contribution is -0.129. The van der Waals surface area contributed by atoms with Crippen molar-refractivity contribution in [2.75, 3.05) is 13.1 Å². The number of carbonyl (C=O) groups is 1. The molecule has 0 aliphatic carbocycles. The van der Waals surface area contributed by atoms with Crippen LogP contribution in [0.4, 0.5) is 0 Å². The van der Waals surface area contributed by atoms with Gasteiger partial charge in [-0.3, -0.25) is 4.79 Å². The molecule has 1 amide bonds. The van der Waals surface area contributed by atoms with E-state index in [-0.39, 0.29) is 11.2 Å². The summed E-state index contributed by atoms with van der Waals surface area (Å²) in [4.78, 5) is 13.9. The summed E-state index contributed by atoms with van der Waals surface area (Å²) in [5, 5.41) is 0.0371. The average Bonchev–Trinajstić information content (AvgIpc) is 2.38. The second-order valence-electron chi connectivity index (χ2n) is 3.95. The maximum absolute atomic E-state index is 12.0. The summed E-state index contributed by atoms with van der Waals surface area (Å²) in [7, 11) is 0. The van der Waals surface area contributed by atoms with Crippen molar-refractivity contribution in [3.05, 3.63) is 35.9 Å². The molecule has 1 aromatic carbocycles. The number of amides is 1. The Hall–Kier alpha value is -0.960. The summed E-state index contributed by atoms with van der Waals surface area (Å²) in [5.41, 5.74) is 1.27. The van der Waals surface area contributed by atoms with Crippen molar-refractivity contribution >= 4 is 17.7 Å². The molecule has 1 rings (SSSR count). The van der Waals surface area contributed by atoms with Gasteiger partial charge in [-0.15, -0.1) is 11.8 Å². The van der Waals surface area contributed by atoms with E-state index in [9.17, 15) is 4.79 Å². The van der Waals surface area contributed by atoms with Gasteiger partial charge in [0.25, 0.3) is 0 Å². The van der Waals surface area contributed by atoms with Crippen LogP contribution in [0.1, 0.15) is 26.3 Å². The fraction of sp³-hybridized carbons (Fsp3) is 0.500. The fourth-order valence-corrected chi connectivity index (χ4v) is 2.59. The van der Waals surface area contributed by atoms with Gasteiger partial charge < -0.3 is 4.90 Å². The van der Waals surface area contributed by atoms with E-state index in [1.807, 2.05) is 43.9 Å². The second-order valence-corrected chi connectivity index (χ2v) is 5.28. The van der Waals surface area contributed by atoms with Crippen molar-refractivity contribution in [3.63, 3.8) is 0 Å². The van der Waals surface area contributed by atoms with E-state index in [0.717, 1.165) is 18.8 Å². The normalized spacial score (nSPS) is 12.2. The molecule has 0 N–H and O–H groups in total. The van der Waals surface area contributed by atoms with Crippen LogP contribution in [0.5, 0.6) is 0 Å². The molecule has 0 unspecified atom stereocenters. The summed E-state index contributed by atoms with van der Waals surface area (Å²) in [6.07, 6.45) is 0. The van der Waals surface area contributed by atoms with Crippen molar-refractivity contribution < 1.29 is 4.79 Å². The zero-order valence-electron chi connectivity index (χ0n) is 10.8. The first kappa shape index (κ1) is 14.1. The Morgan fingerprint density at radius 1 is 1.24 bits per heavy atom. The second kappa shape index (κ2) is 7.38. The third kappa shape index (κ3) is 4.43. The molecule has 1 aromatic rings. The summed E-state index contributed by atoms with van der Waals surface area (Å²) in [5.74, 6) is 1.14. The maximum Gasteiger partial charge on any atom is 0.235 e. The van der Waals surface area contributed by atoms with Crippen LogP contribution < -0.4 is 0 Å². The molecular formula is C14H21NOS. The summed E-state index contributed by atoms with van der Waals surface area (Å²) >= 11 is 1.71. The van der Waals surface area contributed by atoms with E-state index >= 15 is 0 Å². The van der Waals surface area contributed by atoms with Crippen LogP contribution >= 0.6 is 11.8 Å². The molecule has 0 spiro atoms. The number of carbonyl (C=O) groups excluding carboxylic acids is 1. The number of hydrogen-bond donors (Lipinski definition) is 0. The number of hydrogen-bond acceptors (Lipinski definition) is 2. The van der Waals surface area contributed by atoms with Gasteiger partial charge in [-0.05, 0) is 26.3 Å². The molecule has 0 aromatic heterocycles. The summed E-state index contributed by atoms with van der Waals surface area (Å²) in [6.45, 7) is 7.64. The van der Waals surface area contributed by atoms with E-state index in [1.165, 1.54) is 5.56 Å². The molecule has 0 fully saturated rings. The highest BCUT2D eigenvalue weighted by Crippen LogP contribution is 2.19. The number of thioether (sulfide) groups is 1. The molecular weight excluding hydrogens is 230 g/mol. The standard InChI is InChI=1S/C14H21NOS/c1-4-15(5-2)14(16)12(3)17-11-13-9-7-6-8-10-13/h6-10,12H,4-5,11H2,1-3H3/t12-/m1/s1. The Kier molecular flexibility index (Phi) is 6.12. The van der Waals surface area contributed by atoms with Crippen LogP contribution in [0.3, 0.4) is 0 Å². The van der Waals surface area contributed by atoms with E-state index in [0.29, 0.717) is 0 Å². The van der Waals surface area contributed by atoms with Gasteiger partial charge in [-0.1, -0.05) is 30.3 Å². The molecule has 0 aliphatic rings. The smallest absolute Gasteiger partial charge is 0.235 e. The first-order chi connectivity index (χ1) is 8.19. The van der Waals surface area contributed by atoms with E-state index in [4.69, 9.17) is 0 Å². The van der Waals surface area contributed by atoms with Crippen LogP contribution in [-0.2, 0) is 10.5 Å². The first-order valence-electron chi connectivity index (χ1n) is 6.13. The minimum atomic E-state index is 0.0371. The number of nitrogens with zero attached hydrogens (tertiary/aromatic N) is 1. The molecule has 0 aliphatic heterocycles. The lowest BCUT2D eigenvalue weighted by Gasteiger charge is -2.22. The highest BCUT2D eigenvalue weighted by molar-refractivity contribution is 7.99. The maximum atomic E-state index is 12.0. The Balaban J connectivity index is 2.44. The molecule has 0 radical (unpaired) electrons. The van der Waals surface area contributed by atoms with Crippen LogP contribution in [0, 0.1) is 0 Å². The molecule has 0 heterocycles. The molecule has 94 valence electrons. The highest BCUT2D eigenvalue weighted by Gasteiger charge is 2.18. The van der Waals surface area contributed by atoms with Crippen molar-refractivity contribution in [3.8, 4) is 0 Å². The molecule has 0 bridgehead atoms. The monoisotopic (exact) mass is 251 g/mol.